The number of benzene rings is 3. The largest absolute Gasteiger partial charge is 0.496 e. The maximum Gasteiger partial charge on any atom is 0.260 e. The molecule has 0 radical (unpaired) electrons. The number of methoxy groups -OCH3 is 1. The molecule has 8 heteroatoms. The maximum absolute atomic E-state index is 12.5. The Balaban J connectivity index is 1.23. The summed E-state index contributed by atoms with van der Waals surface area (Å²) in [5.74, 6) is 0.195. The Labute approximate surface area is 205 Å². The SMILES string of the molecule is COc1ccccc1-c1ccc(C(=O)NCCCNC(=O)C2=Cc3ccc(Cl)cc3S2=O)cc1. The smallest absolute Gasteiger partial charge is 0.260 e. The molecule has 0 bridgehead atoms. The van der Waals surface area contributed by atoms with Crippen LogP contribution in [0.4, 0.5) is 0 Å². The normalized spacial score (nSPS) is 14.2. The van der Waals surface area contributed by atoms with Gasteiger partial charge in [0.1, 0.15) is 10.7 Å². The average molecular weight is 495 g/mol. The van der Waals surface area contributed by atoms with Crippen molar-refractivity contribution in [1.29, 1.82) is 0 Å². The lowest BCUT2D eigenvalue weighted by atomic mass is 10.0. The molecule has 0 fully saturated rings. The number of rotatable bonds is 8. The Morgan fingerprint density at radius 2 is 1.65 bits per heavy atom. The fraction of sp³-hybridized carbons (Fsp3) is 0.154. The van der Waals surface area contributed by atoms with E-state index < -0.39 is 10.8 Å². The van der Waals surface area contributed by atoms with E-state index in [-0.39, 0.29) is 16.7 Å². The van der Waals surface area contributed by atoms with Crippen molar-refractivity contribution < 1.29 is 18.5 Å². The number of hydrogen-bond donors (Lipinski definition) is 2. The molecule has 2 N–H and O–H groups in total. The molecule has 0 aliphatic carbocycles. The van der Waals surface area contributed by atoms with Gasteiger partial charge in [0, 0.05) is 29.2 Å². The van der Waals surface area contributed by atoms with E-state index in [2.05, 4.69) is 10.6 Å². The summed E-state index contributed by atoms with van der Waals surface area (Å²) in [6.07, 6.45) is 2.16. The molecule has 6 nitrogen and oxygen atoms in total. The molecule has 3 aromatic rings. The van der Waals surface area contributed by atoms with E-state index in [1.54, 1.807) is 43.5 Å². The van der Waals surface area contributed by atoms with Gasteiger partial charge in [-0.1, -0.05) is 48.0 Å². The van der Waals surface area contributed by atoms with Gasteiger partial charge in [-0.05, 0) is 54.0 Å². The van der Waals surface area contributed by atoms with Crippen LogP contribution in [0.3, 0.4) is 0 Å². The molecule has 2 amide bonds. The summed E-state index contributed by atoms with van der Waals surface area (Å²) < 4.78 is 17.9. The quantitative estimate of drug-likeness (QED) is 0.454. The number of ether oxygens (including phenoxy) is 1. The van der Waals surface area contributed by atoms with Crippen molar-refractivity contribution in [3.63, 3.8) is 0 Å². The summed E-state index contributed by atoms with van der Waals surface area (Å²) in [5, 5.41) is 6.09. The zero-order chi connectivity index (χ0) is 24.1. The molecule has 0 saturated heterocycles. The highest BCUT2D eigenvalue weighted by atomic mass is 35.5. The zero-order valence-corrected chi connectivity index (χ0v) is 20.0. The van der Waals surface area contributed by atoms with Crippen molar-refractivity contribution in [3.05, 3.63) is 87.8 Å². The molecule has 1 unspecified atom stereocenters. The molecular formula is C26H23ClN2O4S. The van der Waals surface area contributed by atoms with Gasteiger partial charge in [-0.3, -0.25) is 9.59 Å². The van der Waals surface area contributed by atoms with Gasteiger partial charge in [0.15, 0.2) is 0 Å². The van der Waals surface area contributed by atoms with Gasteiger partial charge in [0.05, 0.1) is 22.8 Å². The number of nitrogens with one attached hydrogen (secondary N) is 2. The third-order valence-electron chi connectivity index (χ3n) is 5.38. The van der Waals surface area contributed by atoms with Crippen LogP contribution < -0.4 is 15.4 Å². The van der Waals surface area contributed by atoms with Crippen molar-refractivity contribution in [3.8, 4) is 16.9 Å². The van der Waals surface area contributed by atoms with Gasteiger partial charge in [-0.25, -0.2) is 4.21 Å². The van der Waals surface area contributed by atoms with Crippen molar-refractivity contribution >= 4 is 40.3 Å². The first-order valence-corrected chi connectivity index (χ1v) is 12.2. The Kier molecular flexibility index (Phi) is 7.45. The number of fused-ring (bicyclic) bond motifs is 1. The van der Waals surface area contributed by atoms with Crippen LogP contribution in [0.2, 0.25) is 5.02 Å². The number of carbonyl (C=O) groups excluding carboxylic acids is 2. The third kappa shape index (κ3) is 5.21. The third-order valence-corrected chi connectivity index (χ3v) is 7.07. The number of halogens is 1. The highest BCUT2D eigenvalue weighted by Gasteiger charge is 2.26. The lowest BCUT2D eigenvalue weighted by Gasteiger charge is -2.10. The summed E-state index contributed by atoms with van der Waals surface area (Å²) in [7, 11) is 0.0806. The number of para-hydroxylation sites is 1. The molecule has 0 saturated carbocycles. The molecule has 174 valence electrons. The molecule has 1 heterocycles. The van der Waals surface area contributed by atoms with Gasteiger partial charge < -0.3 is 15.4 Å². The van der Waals surface area contributed by atoms with Gasteiger partial charge in [0.2, 0.25) is 0 Å². The topological polar surface area (TPSA) is 84.5 Å². The monoisotopic (exact) mass is 494 g/mol. The van der Waals surface area contributed by atoms with E-state index in [9.17, 15) is 13.8 Å². The maximum atomic E-state index is 12.5. The van der Waals surface area contributed by atoms with E-state index in [0.29, 0.717) is 35.0 Å². The van der Waals surface area contributed by atoms with E-state index in [0.717, 1.165) is 22.4 Å². The predicted molar refractivity (Wildman–Crippen MR) is 134 cm³/mol. The molecule has 0 aromatic heterocycles. The molecule has 34 heavy (non-hydrogen) atoms. The molecule has 4 rings (SSSR count). The average Bonchev–Trinajstić information content (AvgIpc) is 3.19. The summed E-state index contributed by atoms with van der Waals surface area (Å²) in [6, 6.07) is 20.1. The van der Waals surface area contributed by atoms with Crippen LogP contribution in [-0.2, 0) is 15.6 Å². The summed E-state index contributed by atoms with van der Waals surface area (Å²) in [5.41, 5.74) is 3.19. The first-order valence-electron chi connectivity index (χ1n) is 10.7. The number of amides is 2. The molecule has 1 atom stereocenters. The summed E-state index contributed by atoms with van der Waals surface area (Å²) in [4.78, 5) is 25.6. The summed E-state index contributed by atoms with van der Waals surface area (Å²) >= 11 is 5.95. The number of carbonyl (C=O) groups is 2. The minimum Gasteiger partial charge on any atom is -0.496 e. The molecular weight excluding hydrogens is 472 g/mol. The highest BCUT2D eigenvalue weighted by Crippen LogP contribution is 2.32. The van der Waals surface area contributed by atoms with E-state index in [4.69, 9.17) is 16.3 Å². The van der Waals surface area contributed by atoms with Gasteiger partial charge in [-0.15, -0.1) is 0 Å². The second kappa shape index (κ2) is 10.7. The van der Waals surface area contributed by atoms with Crippen LogP contribution in [0.25, 0.3) is 17.2 Å². The molecule has 1 aliphatic heterocycles. The minimum absolute atomic E-state index is 0.190. The first kappa shape index (κ1) is 23.7. The van der Waals surface area contributed by atoms with Gasteiger partial charge in [0.25, 0.3) is 11.8 Å². The minimum atomic E-state index is -1.55. The van der Waals surface area contributed by atoms with Crippen LogP contribution >= 0.6 is 11.6 Å². The van der Waals surface area contributed by atoms with E-state index >= 15 is 0 Å². The van der Waals surface area contributed by atoms with Crippen molar-refractivity contribution in [2.75, 3.05) is 20.2 Å². The van der Waals surface area contributed by atoms with Crippen molar-refractivity contribution in [2.45, 2.75) is 11.3 Å². The van der Waals surface area contributed by atoms with E-state index in [1.165, 1.54) is 0 Å². The second-order valence-electron chi connectivity index (χ2n) is 7.60. The van der Waals surface area contributed by atoms with Crippen LogP contribution in [-0.4, -0.2) is 36.2 Å². The van der Waals surface area contributed by atoms with Gasteiger partial charge in [-0.2, -0.15) is 0 Å². The summed E-state index contributed by atoms with van der Waals surface area (Å²) in [6.45, 7) is 0.739. The Bertz CT molecular complexity index is 1290. The fourth-order valence-electron chi connectivity index (χ4n) is 3.62. The Morgan fingerprint density at radius 1 is 0.941 bits per heavy atom. The van der Waals surface area contributed by atoms with Crippen LogP contribution in [0.1, 0.15) is 22.3 Å². The Hall–Kier alpha value is -3.42. The Morgan fingerprint density at radius 3 is 2.38 bits per heavy atom. The molecule has 0 spiro atoms. The van der Waals surface area contributed by atoms with Crippen molar-refractivity contribution in [1.82, 2.24) is 10.6 Å². The molecule has 1 aliphatic rings. The standard InChI is InChI=1S/C26H23ClN2O4S/c1-33-22-6-3-2-5-21(22)17-7-9-18(10-8-17)25(30)28-13-4-14-29-26(31)24-15-19-11-12-20(27)16-23(19)34(24)32/h2-3,5-12,15-16H,4,13-14H2,1H3,(H,28,30)(H,29,31). The van der Waals surface area contributed by atoms with Crippen LogP contribution in [0.15, 0.2) is 76.5 Å². The van der Waals surface area contributed by atoms with E-state index in [1.807, 2.05) is 36.4 Å². The highest BCUT2D eigenvalue weighted by molar-refractivity contribution is 7.90. The fourth-order valence-corrected chi connectivity index (χ4v) is 5.14. The lowest BCUT2D eigenvalue weighted by Crippen LogP contribution is -2.30. The number of hydrogen-bond acceptors (Lipinski definition) is 4. The predicted octanol–water partition coefficient (Wildman–Crippen LogP) is 4.41. The second-order valence-corrected chi connectivity index (χ2v) is 9.46. The van der Waals surface area contributed by atoms with Crippen LogP contribution in [0.5, 0.6) is 5.75 Å². The van der Waals surface area contributed by atoms with Crippen molar-refractivity contribution in [2.24, 2.45) is 0 Å². The lowest BCUT2D eigenvalue weighted by molar-refractivity contribution is -0.116. The first-order chi connectivity index (χ1) is 16.5. The van der Waals surface area contributed by atoms with Crippen LogP contribution in [0, 0.1) is 0 Å². The molecule has 3 aromatic carbocycles. The zero-order valence-electron chi connectivity index (χ0n) is 18.5. The van der Waals surface area contributed by atoms with Gasteiger partial charge >= 0.3 is 0 Å².